The largest absolute Gasteiger partial charge is 0.343 e. The first-order valence-corrected chi connectivity index (χ1v) is 12.4. The van der Waals surface area contributed by atoms with Crippen LogP contribution < -0.4 is 16.4 Å². The van der Waals surface area contributed by atoms with E-state index in [0.717, 1.165) is 46.4 Å². The lowest BCUT2D eigenvalue weighted by Crippen LogP contribution is -2.33. The summed E-state index contributed by atoms with van der Waals surface area (Å²) in [5, 5.41) is 7.91. The predicted molar refractivity (Wildman–Crippen MR) is 138 cm³/mol. The van der Waals surface area contributed by atoms with E-state index in [1.165, 1.54) is 11.3 Å². The van der Waals surface area contributed by atoms with Gasteiger partial charge in [-0.2, -0.15) is 0 Å². The Balaban J connectivity index is 1.21. The molecule has 1 aliphatic carbocycles. The highest BCUT2D eigenvalue weighted by Gasteiger charge is 2.25. The monoisotopic (exact) mass is 483 g/mol. The van der Waals surface area contributed by atoms with Gasteiger partial charge in [0.2, 0.25) is 5.91 Å². The molecule has 0 saturated heterocycles. The number of pyridine rings is 1. The summed E-state index contributed by atoms with van der Waals surface area (Å²) >= 11 is 1.35. The van der Waals surface area contributed by atoms with Crippen molar-refractivity contribution in [3.63, 3.8) is 0 Å². The molecule has 8 heteroatoms. The first-order valence-electron chi connectivity index (χ1n) is 11.5. The van der Waals surface area contributed by atoms with Crippen LogP contribution in [0, 0.1) is 0 Å². The summed E-state index contributed by atoms with van der Waals surface area (Å²) in [6, 6.07) is 17.7. The Hall–Kier alpha value is -3.88. The lowest BCUT2D eigenvalue weighted by atomic mass is 9.98. The SMILES string of the molecule is NC[C@H]1CCc2c(C(=O)NCC(=O)Nc3nc(-c4cccc(-c5ccncc5)c4)cs3)cccc21. The molecule has 0 fully saturated rings. The molecule has 5 rings (SSSR count). The molecule has 35 heavy (non-hydrogen) atoms. The summed E-state index contributed by atoms with van der Waals surface area (Å²) in [6.45, 7) is 0.444. The van der Waals surface area contributed by atoms with Crippen LogP contribution in [0.15, 0.2) is 72.4 Å². The van der Waals surface area contributed by atoms with Gasteiger partial charge in [0.25, 0.3) is 5.91 Å². The van der Waals surface area contributed by atoms with Crippen molar-refractivity contribution in [2.75, 3.05) is 18.4 Å². The molecule has 0 bridgehead atoms. The second-order valence-corrected chi connectivity index (χ2v) is 9.29. The highest BCUT2D eigenvalue weighted by atomic mass is 32.1. The van der Waals surface area contributed by atoms with Crippen LogP contribution in [-0.4, -0.2) is 34.9 Å². The molecule has 2 aromatic carbocycles. The third-order valence-corrected chi connectivity index (χ3v) is 7.01. The Morgan fingerprint density at radius 2 is 1.83 bits per heavy atom. The summed E-state index contributed by atoms with van der Waals surface area (Å²) in [6.07, 6.45) is 5.31. The number of nitrogens with zero attached hydrogens (tertiary/aromatic N) is 2. The summed E-state index contributed by atoms with van der Waals surface area (Å²) in [5.74, 6) is -0.273. The van der Waals surface area contributed by atoms with E-state index in [1.54, 1.807) is 18.5 Å². The predicted octanol–water partition coefficient (Wildman–Crippen LogP) is 4.23. The van der Waals surface area contributed by atoms with Gasteiger partial charge in [-0.15, -0.1) is 11.3 Å². The average molecular weight is 484 g/mol. The lowest BCUT2D eigenvalue weighted by molar-refractivity contribution is -0.115. The van der Waals surface area contributed by atoms with Crippen molar-refractivity contribution in [3.8, 4) is 22.4 Å². The zero-order valence-corrected chi connectivity index (χ0v) is 19.8. The van der Waals surface area contributed by atoms with Crippen molar-refractivity contribution in [1.29, 1.82) is 0 Å². The number of carbonyl (C=O) groups excluding carboxylic acids is 2. The van der Waals surface area contributed by atoms with Crippen molar-refractivity contribution in [2.24, 2.45) is 5.73 Å². The summed E-state index contributed by atoms with van der Waals surface area (Å²) in [4.78, 5) is 33.9. The number of benzene rings is 2. The molecule has 0 spiro atoms. The third kappa shape index (κ3) is 4.99. The quantitative estimate of drug-likeness (QED) is 0.364. The van der Waals surface area contributed by atoms with E-state index >= 15 is 0 Å². The molecular weight excluding hydrogens is 458 g/mol. The van der Waals surface area contributed by atoms with Crippen molar-refractivity contribution < 1.29 is 9.59 Å². The molecule has 1 aliphatic rings. The van der Waals surface area contributed by atoms with E-state index in [9.17, 15) is 9.59 Å². The maximum atomic E-state index is 12.8. The van der Waals surface area contributed by atoms with Crippen LogP contribution in [0.25, 0.3) is 22.4 Å². The number of fused-ring (bicyclic) bond motifs is 1. The van der Waals surface area contributed by atoms with Crippen molar-refractivity contribution >= 4 is 28.3 Å². The minimum absolute atomic E-state index is 0.130. The third-order valence-electron chi connectivity index (χ3n) is 6.26. The number of aromatic nitrogens is 2. The van der Waals surface area contributed by atoms with Crippen LogP contribution in [0.5, 0.6) is 0 Å². The molecule has 4 aromatic rings. The molecule has 2 aromatic heterocycles. The number of hydrogen-bond donors (Lipinski definition) is 3. The molecule has 0 saturated carbocycles. The summed E-state index contributed by atoms with van der Waals surface area (Å²) < 4.78 is 0. The first-order chi connectivity index (χ1) is 17.1. The van der Waals surface area contributed by atoms with E-state index in [2.05, 4.69) is 26.7 Å². The molecule has 0 unspecified atom stereocenters. The molecular formula is C27H25N5O2S. The molecule has 0 radical (unpaired) electrons. The van der Waals surface area contributed by atoms with E-state index in [4.69, 9.17) is 5.73 Å². The summed E-state index contributed by atoms with van der Waals surface area (Å²) in [5.41, 5.74) is 12.5. The fraction of sp³-hybridized carbons (Fsp3) is 0.185. The highest BCUT2D eigenvalue weighted by Crippen LogP contribution is 2.34. The Bertz CT molecular complexity index is 1370. The highest BCUT2D eigenvalue weighted by molar-refractivity contribution is 7.14. The van der Waals surface area contributed by atoms with Gasteiger partial charge >= 0.3 is 0 Å². The number of nitrogens with two attached hydrogens (primary N) is 1. The lowest BCUT2D eigenvalue weighted by Gasteiger charge is -2.11. The molecule has 7 nitrogen and oxygen atoms in total. The van der Waals surface area contributed by atoms with Gasteiger partial charge in [-0.1, -0.05) is 30.3 Å². The normalized spacial score (nSPS) is 14.4. The fourth-order valence-corrected chi connectivity index (χ4v) is 5.22. The number of hydrogen-bond acceptors (Lipinski definition) is 6. The maximum Gasteiger partial charge on any atom is 0.252 e. The number of nitrogens with one attached hydrogen (secondary N) is 2. The second-order valence-electron chi connectivity index (χ2n) is 8.43. The number of amides is 2. The van der Waals surface area contributed by atoms with Gasteiger partial charge < -0.3 is 16.4 Å². The van der Waals surface area contributed by atoms with Gasteiger partial charge in [-0.05, 0) is 71.8 Å². The van der Waals surface area contributed by atoms with Crippen molar-refractivity contribution in [2.45, 2.75) is 18.8 Å². The first kappa shape index (κ1) is 22.9. The summed E-state index contributed by atoms with van der Waals surface area (Å²) in [7, 11) is 0. The average Bonchev–Trinajstić information content (AvgIpc) is 3.55. The minimum Gasteiger partial charge on any atom is -0.343 e. The fourth-order valence-electron chi connectivity index (χ4n) is 4.48. The zero-order valence-electron chi connectivity index (χ0n) is 19.0. The van der Waals surface area contributed by atoms with Crippen molar-refractivity contribution in [1.82, 2.24) is 15.3 Å². The minimum atomic E-state index is -0.322. The van der Waals surface area contributed by atoms with Gasteiger partial charge in [-0.3, -0.25) is 14.6 Å². The van der Waals surface area contributed by atoms with E-state index in [0.29, 0.717) is 23.2 Å². The smallest absolute Gasteiger partial charge is 0.252 e. The van der Waals surface area contributed by atoms with Gasteiger partial charge in [0.05, 0.1) is 12.2 Å². The van der Waals surface area contributed by atoms with Crippen molar-refractivity contribution in [3.05, 3.63) is 89.1 Å². The molecule has 4 N–H and O–H groups in total. The van der Waals surface area contributed by atoms with Crippen LogP contribution >= 0.6 is 11.3 Å². The van der Waals surface area contributed by atoms with E-state index < -0.39 is 0 Å². The molecule has 2 heterocycles. The zero-order chi connectivity index (χ0) is 24.2. The Kier molecular flexibility index (Phi) is 6.65. The molecule has 0 aliphatic heterocycles. The number of rotatable bonds is 7. The Morgan fingerprint density at radius 1 is 1.03 bits per heavy atom. The van der Waals surface area contributed by atoms with Crippen LogP contribution in [0.3, 0.4) is 0 Å². The topological polar surface area (TPSA) is 110 Å². The maximum absolute atomic E-state index is 12.8. The molecule has 2 amide bonds. The van der Waals surface area contributed by atoms with Crippen LogP contribution in [0.1, 0.15) is 33.8 Å². The Labute approximate surface area is 207 Å². The van der Waals surface area contributed by atoms with Gasteiger partial charge in [0, 0.05) is 28.9 Å². The second kappa shape index (κ2) is 10.2. The number of anilines is 1. The standard InChI is InChI=1S/C27H25N5O2S/c28-14-20-7-8-22-21(20)5-2-6-23(22)26(34)30-15-25(33)32-27-31-24(16-35-27)19-4-1-3-18(13-19)17-9-11-29-12-10-17/h1-6,9-13,16,20H,7-8,14-15,28H2,(H,30,34)(H,31,32,33)/t20-/m1/s1. The number of thiazole rings is 1. The molecule has 1 atom stereocenters. The van der Waals surface area contributed by atoms with E-state index in [1.807, 2.05) is 47.8 Å². The Morgan fingerprint density at radius 3 is 2.66 bits per heavy atom. The van der Waals surface area contributed by atoms with E-state index in [-0.39, 0.29) is 18.4 Å². The van der Waals surface area contributed by atoms with Gasteiger partial charge in [0.1, 0.15) is 0 Å². The number of carbonyl (C=O) groups is 2. The molecule has 176 valence electrons. The van der Waals surface area contributed by atoms with Crippen LogP contribution in [0.2, 0.25) is 0 Å². The van der Waals surface area contributed by atoms with Crippen LogP contribution in [0.4, 0.5) is 5.13 Å². The van der Waals surface area contributed by atoms with Crippen LogP contribution in [-0.2, 0) is 11.2 Å². The van der Waals surface area contributed by atoms with Gasteiger partial charge in [0.15, 0.2) is 5.13 Å². The van der Waals surface area contributed by atoms with Gasteiger partial charge in [-0.25, -0.2) is 4.98 Å².